The first-order chi connectivity index (χ1) is 7.34. The molecule has 0 N–H and O–H groups in total. The molecule has 1 aliphatic rings. The molecule has 0 nitrogen and oxygen atoms in total. The molecule has 0 aromatic heterocycles. The molecule has 0 amide bonds. The summed E-state index contributed by atoms with van der Waals surface area (Å²) in [6.07, 6.45) is 8.77. The number of hydrogen-bond acceptors (Lipinski definition) is 0. The van der Waals surface area contributed by atoms with Crippen molar-refractivity contribution in [1.82, 2.24) is 0 Å². The number of hydrogen-bond donors (Lipinski definition) is 0. The molecule has 1 unspecified atom stereocenters. The van der Waals surface area contributed by atoms with Gasteiger partial charge in [-0.05, 0) is 32.1 Å². The van der Waals surface area contributed by atoms with Gasteiger partial charge in [-0.2, -0.15) is 0 Å². The molecule has 0 bridgehead atoms. The van der Waals surface area contributed by atoms with E-state index in [0.717, 1.165) is 12.8 Å². The molecule has 0 aromatic rings. The highest BCUT2D eigenvalue weighted by Gasteiger charge is 2.32. The summed E-state index contributed by atoms with van der Waals surface area (Å²) in [5.41, 5.74) is 4.23. The molecule has 0 aromatic carbocycles. The smallest absolute Gasteiger partial charge is 0.00620 e. The van der Waals surface area contributed by atoms with Crippen molar-refractivity contribution in [3.63, 3.8) is 0 Å². The van der Waals surface area contributed by atoms with E-state index in [2.05, 4.69) is 59.1 Å². The van der Waals surface area contributed by atoms with Crippen LogP contribution in [0.25, 0.3) is 0 Å². The lowest BCUT2D eigenvalue weighted by atomic mass is 9.68. The maximum Gasteiger partial charge on any atom is 0.00620 e. The highest BCUT2D eigenvalue weighted by atomic mass is 14.4. The summed E-state index contributed by atoms with van der Waals surface area (Å²) < 4.78 is 0. The van der Waals surface area contributed by atoms with Crippen LogP contribution in [0.3, 0.4) is 0 Å². The van der Waals surface area contributed by atoms with Crippen LogP contribution >= 0.6 is 0 Å². The third-order valence-corrected chi connectivity index (χ3v) is 3.20. The maximum atomic E-state index is 4.18. The Balaban J connectivity index is 2.93. The van der Waals surface area contributed by atoms with E-state index in [-0.39, 0.29) is 5.41 Å². The van der Waals surface area contributed by atoms with Crippen molar-refractivity contribution in [3.05, 3.63) is 48.1 Å². The molecule has 0 radical (unpaired) electrons. The Morgan fingerprint density at radius 3 is 2.38 bits per heavy atom. The van der Waals surface area contributed by atoms with E-state index in [1.807, 2.05) is 0 Å². The topological polar surface area (TPSA) is 0 Å². The van der Waals surface area contributed by atoms with E-state index in [1.165, 1.54) is 16.7 Å². The van der Waals surface area contributed by atoms with E-state index in [0.29, 0.717) is 5.92 Å². The fraction of sp³-hybridized carbons (Fsp3) is 0.500. The lowest BCUT2D eigenvalue weighted by Crippen LogP contribution is -2.26. The minimum absolute atomic E-state index is 0.218. The van der Waals surface area contributed by atoms with Gasteiger partial charge in [0.2, 0.25) is 0 Å². The van der Waals surface area contributed by atoms with Crippen molar-refractivity contribution in [2.24, 2.45) is 11.3 Å². The third kappa shape index (κ3) is 2.98. The quantitative estimate of drug-likeness (QED) is 0.564. The van der Waals surface area contributed by atoms with Crippen molar-refractivity contribution in [2.75, 3.05) is 0 Å². The van der Waals surface area contributed by atoms with Gasteiger partial charge in [0.1, 0.15) is 0 Å². The average Bonchev–Trinajstić information content (AvgIpc) is 2.52. The second-order valence-corrected chi connectivity index (χ2v) is 5.78. The van der Waals surface area contributed by atoms with Gasteiger partial charge in [-0.15, -0.1) is 6.58 Å². The van der Waals surface area contributed by atoms with Crippen LogP contribution in [0.15, 0.2) is 48.1 Å². The van der Waals surface area contributed by atoms with Crippen LogP contribution in [0.5, 0.6) is 0 Å². The summed E-state index contributed by atoms with van der Waals surface area (Å²) in [6, 6.07) is 0. The second kappa shape index (κ2) is 4.86. The molecule has 0 saturated carbocycles. The van der Waals surface area contributed by atoms with Crippen molar-refractivity contribution < 1.29 is 0 Å². The zero-order valence-electron chi connectivity index (χ0n) is 11.1. The van der Waals surface area contributed by atoms with Crippen molar-refractivity contribution in [3.8, 4) is 0 Å². The van der Waals surface area contributed by atoms with Crippen LogP contribution < -0.4 is 0 Å². The van der Waals surface area contributed by atoms with Crippen LogP contribution in [0.4, 0.5) is 0 Å². The number of rotatable bonds is 5. The minimum atomic E-state index is 0.218. The van der Waals surface area contributed by atoms with Crippen LogP contribution in [0, 0.1) is 11.3 Å². The molecule has 1 aliphatic carbocycles. The fourth-order valence-electron chi connectivity index (χ4n) is 3.04. The van der Waals surface area contributed by atoms with Gasteiger partial charge < -0.3 is 0 Å². The van der Waals surface area contributed by atoms with Crippen molar-refractivity contribution >= 4 is 0 Å². The van der Waals surface area contributed by atoms with Gasteiger partial charge in [0.05, 0.1) is 0 Å². The fourth-order valence-corrected chi connectivity index (χ4v) is 3.04. The molecule has 0 heteroatoms. The number of allylic oxidation sites excluding steroid dienone is 6. The van der Waals surface area contributed by atoms with Crippen LogP contribution in [-0.4, -0.2) is 0 Å². The summed E-state index contributed by atoms with van der Waals surface area (Å²) in [7, 11) is 0. The first-order valence-corrected chi connectivity index (χ1v) is 6.00. The Hall–Kier alpha value is -1.04. The first-order valence-electron chi connectivity index (χ1n) is 6.00. The highest BCUT2D eigenvalue weighted by Crippen LogP contribution is 2.43. The van der Waals surface area contributed by atoms with Gasteiger partial charge in [-0.1, -0.05) is 55.4 Å². The zero-order chi connectivity index (χ0) is 12.3. The SMILES string of the molecule is C=C(C)CC(C)(C)C(C(=C)C)C1=CC=CC1. The summed E-state index contributed by atoms with van der Waals surface area (Å²) in [6.45, 7) is 17.1. The lowest BCUT2D eigenvalue weighted by Gasteiger charge is -2.36. The maximum absolute atomic E-state index is 4.18. The molecular weight excluding hydrogens is 192 g/mol. The van der Waals surface area contributed by atoms with Gasteiger partial charge in [0, 0.05) is 5.92 Å². The zero-order valence-corrected chi connectivity index (χ0v) is 11.1. The van der Waals surface area contributed by atoms with Gasteiger partial charge >= 0.3 is 0 Å². The summed E-state index contributed by atoms with van der Waals surface area (Å²) in [5, 5.41) is 0. The predicted octanol–water partition coefficient (Wildman–Crippen LogP) is 5.06. The molecular formula is C16H24. The molecule has 1 atom stereocenters. The Kier molecular flexibility index (Phi) is 3.96. The van der Waals surface area contributed by atoms with Crippen LogP contribution in [0.2, 0.25) is 0 Å². The average molecular weight is 216 g/mol. The summed E-state index contributed by atoms with van der Waals surface area (Å²) in [5.74, 6) is 0.471. The van der Waals surface area contributed by atoms with Crippen molar-refractivity contribution in [2.45, 2.75) is 40.5 Å². The van der Waals surface area contributed by atoms with Gasteiger partial charge in [-0.3, -0.25) is 0 Å². The van der Waals surface area contributed by atoms with E-state index in [4.69, 9.17) is 0 Å². The minimum Gasteiger partial charge on any atom is -0.100 e. The summed E-state index contributed by atoms with van der Waals surface area (Å²) >= 11 is 0. The first kappa shape index (κ1) is 13.0. The van der Waals surface area contributed by atoms with Crippen molar-refractivity contribution in [1.29, 1.82) is 0 Å². The Morgan fingerprint density at radius 1 is 1.38 bits per heavy atom. The Morgan fingerprint density at radius 2 is 2.00 bits per heavy atom. The molecule has 0 heterocycles. The molecule has 0 saturated heterocycles. The normalized spacial score (nSPS) is 17.1. The summed E-state index contributed by atoms with van der Waals surface area (Å²) in [4.78, 5) is 0. The van der Waals surface area contributed by atoms with Gasteiger partial charge in [0.15, 0.2) is 0 Å². The second-order valence-electron chi connectivity index (χ2n) is 5.78. The van der Waals surface area contributed by atoms with E-state index >= 15 is 0 Å². The molecule has 0 spiro atoms. The largest absolute Gasteiger partial charge is 0.100 e. The van der Waals surface area contributed by atoms with Gasteiger partial charge in [-0.25, -0.2) is 0 Å². The lowest BCUT2D eigenvalue weighted by molar-refractivity contribution is 0.276. The molecule has 16 heavy (non-hydrogen) atoms. The van der Waals surface area contributed by atoms with Crippen LogP contribution in [0.1, 0.15) is 40.5 Å². The Labute approximate surface area is 100 Å². The van der Waals surface area contributed by atoms with E-state index in [1.54, 1.807) is 0 Å². The molecule has 0 aliphatic heterocycles. The standard InChI is InChI=1S/C16H24/c1-12(2)11-16(5,6)15(13(3)4)14-9-7-8-10-14/h7-9,15H,1,3,10-11H2,2,4-6H3. The molecule has 88 valence electrons. The monoisotopic (exact) mass is 216 g/mol. The van der Waals surface area contributed by atoms with E-state index < -0.39 is 0 Å². The molecule has 1 rings (SSSR count). The molecule has 0 fully saturated rings. The third-order valence-electron chi connectivity index (χ3n) is 3.20. The van der Waals surface area contributed by atoms with E-state index in [9.17, 15) is 0 Å². The van der Waals surface area contributed by atoms with Gasteiger partial charge in [0.25, 0.3) is 0 Å². The highest BCUT2D eigenvalue weighted by molar-refractivity contribution is 5.32. The Bertz CT molecular complexity index is 350. The van der Waals surface area contributed by atoms with Crippen LogP contribution in [-0.2, 0) is 0 Å². The predicted molar refractivity (Wildman–Crippen MR) is 73.4 cm³/mol.